The van der Waals surface area contributed by atoms with Crippen molar-refractivity contribution in [1.29, 1.82) is 5.41 Å². The summed E-state index contributed by atoms with van der Waals surface area (Å²) in [5, 5.41) is 23.2. The molecule has 1 amide bonds. The highest BCUT2D eigenvalue weighted by Crippen LogP contribution is 2.38. The molecule has 0 unspecified atom stereocenters. The Morgan fingerprint density at radius 3 is 2.64 bits per heavy atom. The molecule has 3 rings (SSSR count). The molecule has 2 heterocycles. The predicted octanol–water partition coefficient (Wildman–Crippen LogP) is 2.26. The second-order valence-electron chi connectivity index (χ2n) is 11.5. The highest BCUT2D eigenvalue weighted by atomic mass is 35.5. The summed E-state index contributed by atoms with van der Waals surface area (Å²) in [6.07, 6.45) is 3.05. The van der Waals surface area contributed by atoms with Gasteiger partial charge in [0.15, 0.2) is 5.03 Å². The molecule has 1 aromatic rings. The van der Waals surface area contributed by atoms with Gasteiger partial charge in [0.1, 0.15) is 10.9 Å². The Bertz CT molecular complexity index is 1280. The van der Waals surface area contributed by atoms with Crippen molar-refractivity contribution >= 4 is 45.1 Å². The highest BCUT2D eigenvalue weighted by molar-refractivity contribution is 7.89. The van der Waals surface area contributed by atoms with Crippen molar-refractivity contribution in [3.63, 3.8) is 0 Å². The van der Waals surface area contributed by atoms with Crippen molar-refractivity contribution < 1.29 is 27.8 Å². The first-order chi connectivity index (χ1) is 19.7. The maximum Gasteiger partial charge on any atom is 0.302 e. The molecule has 1 atom stereocenters. The number of benzene rings is 1. The lowest BCUT2D eigenvalue weighted by molar-refractivity contribution is -0.525. The van der Waals surface area contributed by atoms with Crippen molar-refractivity contribution in [1.82, 2.24) is 20.4 Å². The van der Waals surface area contributed by atoms with E-state index in [2.05, 4.69) is 29.2 Å². The fraction of sp³-hybridized carbons (Fsp3) is 0.654. The number of rotatable bonds is 12. The van der Waals surface area contributed by atoms with Crippen molar-refractivity contribution in [2.45, 2.75) is 70.2 Å². The number of hydrogen-bond donors (Lipinski definition) is 5. The van der Waals surface area contributed by atoms with E-state index in [1.165, 1.54) is 13.0 Å². The minimum absolute atomic E-state index is 0.0300. The molecule has 0 radical (unpaired) electrons. The van der Waals surface area contributed by atoms with E-state index in [1.807, 2.05) is 0 Å². The number of guanidine groups is 1. The van der Waals surface area contributed by atoms with E-state index in [1.54, 1.807) is 16.4 Å². The molecule has 2 aliphatic heterocycles. The van der Waals surface area contributed by atoms with Gasteiger partial charge in [-0.1, -0.05) is 30.9 Å². The fourth-order valence-electron chi connectivity index (χ4n) is 5.26. The number of hydrogen-bond acceptors (Lipinski definition) is 9. The number of nitro groups is 1. The number of amides is 1. The van der Waals surface area contributed by atoms with Gasteiger partial charge in [0, 0.05) is 38.1 Å². The van der Waals surface area contributed by atoms with E-state index >= 15 is 0 Å². The van der Waals surface area contributed by atoms with Crippen LogP contribution in [0, 0.1) is 26.9 Å². The Morgan fingerprint density at radius 1 is 1.31 bits per heavy atom. The molecule has 0 aliphatic carbocycles. The van der Waals surface area contributed by atoms with Gasteiger partial charge in [-0.2, -0.15) is 4.72 Å². The Hall–Kier alpha value is -3.17. The normalized spacial score (nSPS) is 17.4. The summed E-state index contributed by atoms with van der Waals surface area (Å²) in [4.78, 5) is 36.8. The second kappa shape index (κ2) is 14.3. The Kier molecular flexibility index (Phi) is 11.4. The van der Waals surface area contributed by atoms with Crippen LogP contribution in [-0.2, 0) is 30.8 Å². The number of hydrazine groups is 1. The Morgan fingerprint density at radius 2 is 2.00 bits per heavy atom. The first-order valence-corrected chi connectivity index (χ1v) is 15.8. The summed E-state index contributed by atoms with van der Waals surface area (Å²) in [7, 11) is -4.20. The molecular formula is C26H40ClN7O7S. The summed E-state index contributed by atoms with van der Waals surface area (Å²) < 4.78 is 35.1. The van der Waals surface area contributed by atoms with Gasteiger partial charge in [0.2, 0.25) is 15.9 Å². The minimum atomic E-state index is -4.20. The lowest BCUT2D eigenvalue weighted by Gasteiger charge is -2.35. The van der Waals surface area contributed by atoms with Crippen LogP contribution in [0.5, 0.6) is 0 Å². The second-order valence-corrected chi connectivity index (χ2v) is 13.6. The summed E-state index contributed by atoms with van der Waals surface area (Å²) in [6.45, 7) is 7.34. The topological polar surface area (TPSA) is 196 Å². The van der Waals surface area contributed by atoms with Gasteiger partial charge in [0.05, 0.1) is 12.3 Å². The van der Waals surface area contributed by atoms with Gasteiger partial charge in [-0.25, -0.2) is 18.5 Å². The number of carbonyl (C=O) groups is 2. The molecule has 1 fully saturated rings. The zero-order valence-corrected chi connectivity index (χ0v) is 25.7. The van der Waals surface area contributed by atoms with Crippen LogP contribution < -0.4 is 20.8 Å². The molecule has 0 spiro atoms. The largest absolute Gasteiger partial charge is 0.466 e. The standard InChI is InChI=1S/C26H40ClN7O7S/c1-17(35)41-12-8-18-6-10-33(11-7-18)24(36)21(5-4-9-29-25(28)31-34(37)38)32-42(39,40)22-14-20(27)13-19-15-26(2,3)16-30-23(19)22/h13-14,18,21,30,32H,4-12,15-16H2,1-3H3,(H3,28,29,31)/t21-/m0/s1. The van der Waals surface area contributed by atoms with E-state index in [0.717, 1.165) is 5.56 Å². The summed E-state index contributed by atoms with van der Waals surface area (Å²) in [5.41, 5.74) is 2.83. The Labute approximate surface area is 250 Å². The van der Waals surface area contributed by atoms with Gasteiger partial charge in [0.25, 0.3) is 5.96 Å². The number of ether oxygens (including phenoxy) is 1. The molecule has 42 heavy (non-hydrogen) atoms. The average molecular weight is 630 g/mol. The van der Waals surface area contributed by atoms with E-state index in [4.69, 9.17) is 21.7 Å². The number of likely N-dealkylation sites (tertiary alicyclic amines) is 1. The van der Waals surface area contributed by atoms with Crippen LogP contribution in [0.1, 0.15) is 58.4 Å². The van der Waals surface area contributed by atoms with Gasteiger partial charge in [-0.05, 0) is 67.6 Å². The minimum Gasteiger partial charge on any atom is -0.466 e. The maximum absolute atomic E-state index is 13.7. The molecule has 16 heteroatoms. The van der Waals surface area contributed by atoms with Crippen LogP contribution in [0.15, 0.2) is 17.0 Å². The number of nitrogens with zero attached hydrogens (tertiary/aromatic N) is 2. The van der Waals surface area contributed by atoms with E-state index in [0.29, 0.717) is 57.6 Å². The van der Waals surface area contributed by atoms with Crippen molar-refractivity contribution in [3.05, 3.63) is 32.8 Å². The van der Waals surface area contributed by atoms with Gasteiger partial charge < -0.3 is 20.3 Å². The summed E-state index contributed by atoms with van der Waals surface area (Å²) in [6, 6.07) is 2.01. The van der Waals surface area contributed by atoms with Crippen molar-refractivity contribution in [3.8, 4) is 0 Å². The van der Waals surface area contributed by atoms with E-state index in [-0.39, 0.29) is 52.5 Å². The monoisotopic (exact) mass is 629 g/mol. The number of esters is 1. The maximum atomic E-state index is 13.7. The number of halogens is 1. The number of anilines is 1. The van der Waals surface area contributed by atoms with Crippen LogP contribution in [0.4, 0.5) is 5.69 Å². The van der Waals surface area contributed by atoms with Crippen molar-refractivity contribution in [2.75, 3.05) is 38.1 Å². The molecule has 0 saturated carbocycles. The molecule has 0 bridgehead atoms. The Balaban J connectivity index is 1.75. The van der Waals surface area contributed by atoms with Gasteiger partial charge in [-0.3, -0.25) is 15.0 Å². The first kappa shape index (κ1) is 33.3. The van der Waals surface area contributed by atoms with Crippen molar-refractivity contribution in [2.24, 2.45) is 11.3 Å². The molecule has 0 aromatic heterocycles. The first-order valence-electron chi connectivity index (χ1n) is 13.9. The zero-order valence-electron chi connectivity index (χ0n) is 24.1. The molecule has 2 aliphatic rings. The highest BCUT2D eigenvalue weighted by Gasteiger charge is 2.35. The summed E-state index contributed by atoms with van der Waals surface area (Å²) in [5.74, 6) is -0.947. The van der Waals surface area contributed by atoms with Crippen LogP contribution in [0.25, 0.3) is 0 Å². The quantitative estimate of drug-likeness (QED) is 0.0571. The molecule has 1 saturated heterocycles. The van der Waals surface area contributed by atoms with E-state index < -0.39 is 27.1 Å². The fourth-order valence-corrected chi connectivity index (χ4v) is 7.04. The molecule has 1 aromatic carbocycles. The van der Waals surface area contributed by atoms with E-state index in [9.17, 15) is 28.1 Å². The molecular weight excluding hydrogens is 590 g/mol. The van der Waals surface area contributed by atoms with Gasteiger partial charge in [-0.15, -0.1) is 0 Å². The predicted molar refractivity (Wildman–Crippen MR) is 157 cm³/mol. The van der Waals surface area contributed by atoms with Crippen LogP contribution in [0.2, 0.25) is 5.02 Å². The lowest BCUT2D eigenvalue weighted by atomic mass is 9.82. The summed E-state index contributed by atoms with van der Waals surface area (Å²) >= 11 is 6.33. The number of fused-ring (bicyclic) bond motifs is 1. The average Bonchev–Trinajstić information content (AvgIpc) is 2.88. The number of nitrogens with one attached hydrogen (secondary N) is 5. The number of piperidine rings is 1. The molecule has 14 nitrogen and oxygen atoms in total. The molecule has 5 N–H and O–H groups in total. The third-order valence-electron chi connectivity index (χ3n) is 7.38. The van der Waals surface area contributed by atoms with Gasteiger partial charge >= 0.3 is 5.97 Å². The van der Waals surface area contributed by atoms with Crippen LogP contribution in [0.3, 0.4) is 0 Å². The number of carbonyl (C=O) groups excluding carboxylic acids is 2. The third kappa shape index (κ3) is 9.70. The molecule has 234 valence electrons. The van der Waals surface area contributed by atoms with Crippen LogP contribution in [-0.4, -0.2) is 75.0 Å². The lowest BCUT2D eigenvalue weighted by Crippen LogP contribution is -2.51. The van der Waals surface area contributed by atoms with Crippen LogP contribution >= 0.6 is 11.6 Å². The number of sulfonamides is 1. The third-order valence-corrected chi connectivity index (χ3v) is 9.09. The SMILES string of the molecule is CC(=O)OCCC1CCN(C(=O)[C@H](CCCNC(=N)N[N+](=O)[O-])NS(=O)(=O)c2cc(Cl)cc3c2NCC(C)(C)C3)CC1. The zero-order chi connectivity index (χ0) is 31.1. The smallest absolute Gasteiger partial charge is 0.302 e.